The molecule has 2 heterocycles. The standard InChI is InChI=1S/C11H16N6/c1-8-4-9(7-13-6-8)10(12-2)5-11-14-16-17(3)15-11/h4,6-7,10,12H,5H2,1-3H3. The van der Waals surface area contributed by atoms with Crippen LogP contribution in [0.4, 0.5) is 0 Å². The van der Waals surface area contributed by atoms with E-state index in [-0.39, 0.29) is 6.04 Å². The first-order valence-corrected chi connectivity index (χ1v) is 5.50. The van der Waals surface area contributed by atoms with Gasteiger partial charge in [-0.05, 0) is 30.3 Å². The third-order valence-electron chi connectivity index (χ3n) is 2.58. The highest BCUT2D eigenvalue weighted by Crippen LogP contribution is 2.15. The van der Waals surface area contributed by atoms with Gasteiger partial charge in [-0.25, -0.2) is 0 Å². The van der Waals surface area contributed by atoms with E-state index >= 15 is 0 Å². The molecule has 2 aromatic rings. The molecule has 0 fully saturated rings. The maximum Gasteiger partial charge on any atom is 0.176 e. The first-order chi connectivity index (χ1) is 8.19. The molecule has 1 N–H and O–H groups in total. The molecule has 0 radical (unpaired) electrons. The highest BCUT2D eigenvalue weighted by Gasteiger charge is 2.13. The molecule has 0 aliphatic heterocycles. The number of likely N-dealkylation sites (N-methyl/N-ethyl adjacent to an activating group) is 1. The third kappa shape index (κ3) is 2.85. The van der Waals surface area contributed by atoms with E-state index in [9.17, 15) is 0 Å². The molecule has 0 saturated heterocycles. The van der Waals surface area contributed by atoms with Gasteiger partial charge in [0.1, 0.15) is 0 Å². The fourth-order valence-electron chi connectivity index (χ4n) is 1.74. The normalized spacial score (nSPS) is 12.6. The van der Waals surface area contributed by atoms with Crippen molar-refractivity contribution in [2.24, 2.45) is 7.05 Å². The number of hydrogen-bond donors (Lipinski definition) is 1. The summed E-state index contributed by atoms with van der Waals surface area (Å²) in [6, 6.07) is 2.27. The Morgan fingerprint density at radius 3 is 2.82 bits per heavy atom. The lowest BCUT2D eigenvalue weighted by atomic mass is 10.0. The Labute approximate surface area is 100 Å². The van der Waals surface area contributed by atoms with E-state index in [0.717, 1.165) is 17.0 Å². The highest BCUT2D eigenvalue weighted by atomic mass is 15.6. The average molecular weight is 232 g/mol. The first kappa shape index (κ1) is 11.7. The molecule has 0 bridgehead atoms. The quantitative estimate of drug-likeness (QED) is 0.827. The minimum absolute atomic E-state index is 0.159. The molecule has 0 amide bonds. The van der Waals surface area contributed by atoms with Crippen molar-refractivity contribution in [3.05, 3.63) is 35.4 Å². The third-order valence-corrected chi connectivity index (χ3v) is 2.58. The molecule has 6 heteroatoms. The largest absolute Gasteiger partial charge is 0.313 e. The van der Waals surface area contributed by atoms with E-state index in [1.54, 1.807) is 7.05 Å². The molecular weight excluding hydrogens is 216 g/mol. The molecule has 0 spiro atoms. The summed E-state index contributed by atoms with van der Waals surface area (Å²) in [7, 11) is 3.68. The van der Waals surface area contributed by atoms with Gasteiger partial charge >= 0.3 is 0 Å². The minimum atomic E-state index is 0.159. The van der Waals surface area contributed by atoms with Crippen LogP contribution in [0.25, 0.3) is 0 Å². The van der Waals surface area contributed by atoms with E-state index < -0.39 is 0 Å². The van der Waals surface area contributed by atoms with E-state index in [1.807, 2.05) is 26.4 Å². The summed E-state index contributed by atoms with van der Waals surface area (Å²) < 4.78 is 0. The first-order valence-electron chi connectivity index (χ1n) is 5.50. The Balaban J connectivity index is 2.16. The zero-order valence-corrected chi connectivity index (χ0v) is 10.3. The fraction of sp³-hybridized carbons (Fsp3) is 0.455. The molecule has 0 aromatic carbocycles. The number of rotatable bonds is 4. The molecule has 1 atom stereocenters. The fourth-order valence-corrected chi connectivity index (χ4v) is 1.74. The lowest BCUT2D eigenvalue weighted by Gasteiger charge is -2.14. The van der Waals surface area contributed by atoms with Crippen LogP contribution in [0.15, 0.2) is 18.5 Å². The van der Waals surface area contributed by atoms with Crippen molar-refractivity contribution in [2.75, 3.05) is 7.05 Å². The Morgan fingerprint density at radius 1 is 1.41 bits per heavy atom. The summed E-state index contributed by atoms with van der Waals surface area (Å²) in [5.41, 5.74) is 2.29. The van der Waals surface area contributed by atoms with Gasteiger partial charge in [0.25, 0.3) is 0 Å². The molecule has 2 aromatic heterocycles. The molecule has 6 nitrogen and oxygen atoms in total. The zero-order valence-electron chi connectivity index (χ0n) is 10.3. The van der Waals surface area contributed by atoms with Crippen molar-refractivity contribution in [2.45, 2.75) is 19.4 Å². The van der Waals surface area contributed by atoms with Crippen LogP contribution in [-0.2, 0) is 13.5 Å². The van der Waals surface area contributed by atoms with Crippen molar-refractivity contribution in [1.82, 2.24) is 30.5 Å². The predicted octanol–water partition coefficient (Wildman–Crippen LogP) is 0.417. The van der Waals surface area contributed by atoms with Gasteiger partial charge in [0.15, 0.2) is 5.82 Å². The lowest BCUT2D eigenvalue weighted by molar-refractivity contribution is 0.568. The minimum Gasteiger partial charge on any atom is -0.313 e. The van der Waals surface area contributed by atoms with Crippen LogP contribution in [-0.4, -0.2) is 32.2 Å². The van der Waals surface area contributed by atoms with E-state index in [4.69, 9.17) is 0 Å². The summed E-state index contributed by atoms with van der Waals surface area (Å²) in [4.78, 5) is 5.67. The number of tetrazole rings is 1. The van der Waals surface area contributed by atoms with Crippen LogP contribution in [0.3, 0.4) is 0 Å². The van der Waals surface area contributed by atoms with Crippen LogP contribution in [0.5, 0.6) is 0 Å². The Bertz CT molecular complexity index is 492. The second kappa shape index (κ2) is 5.01. The van der Waals surface area contributed by atoms with Gasteiger partial charge in [-0.2, -0.15) is 4.80 Å². The number of hydrogen-bond acceptors (Lipinski definition) is 5. The summed E-state index contributed by atoms with van der Waals surface area (Å²) >= 11 is 0. The summed E-state index contributed by atoms with van der Waals surface area (Å²) in [5.74, 6) is 0.730. The van der Waals surface area contributed by atoms with Crippen molar-refractivity contribution in [3.8, 4) is 0 Å². The number of aryl methyl sites for hydroxylation is 2. The summed E-state index contributed by atoms with van der Waals surface area (Å²) in [6.45, 7) is 2.03. The number of nitrogens with one attached hydrogen (secondary N) is 1. The molecule has 2 rings (SSSR count). The van der Waals surface area contributed by atoms with E-state index in [1.165, 1.54) is 4.80 Å². The highest BCUT2D eigenvalue weighted by molar-refractivity contribution is 5.20. The number of pyridine rings is 1. The van der Waals surface area contributed by atoms with Crippen LogP contribution < -0.4 is 5.32 Å². The monoisotopic (exact) mass is 232 g/mol. The summed E-state index contributed by atoms with van der Waals surface area (Å²) in [6.07, 6.45) is 4.41. The predicted molar refractivity (Wildman–Crippen MR) is 63.3 cm³/mol. The van der Waals surface area contributed by atoms with Gasteiger partial charge in [0.2, 0.25) is 0 Å². The Hall–Kier alpha value is -1.82. The molecule has 17 heavy (non-hydrogen) atoms. The van der Waals surface area contributed by atoms with Crippen molar-refractivity contribution in [3.63, 3.8) is 0 Å². The molecule has 0 saturated carbocycles. The summed E-state index contributed by atoms with van der Waals surface area (Å²) in [5, 5.41) is 15.2. The van der Waals surface area contributed by atoms with Crippen LogP contribution in [0.2, 0.25) is 0 Å². The van der Waals surface area contributed by atoms with Gasteiger partial charge in [-0.15, -0.1) is 10.2 Å². The molecule has 0 aliphatic rings. The average Bonchev–Trinajstić information content (AvgIpc) is 2.72. The van der Waals surface area contributed by atoms with Crippen LogP contribution in [0.1, 0.15) is 23.0 Å². The van der Waals surface area contributed by atoms with Crippen LogP contribution >= 0.6 is 0 Å². The number of aromatic nitrogens is 5. The van der Waals surface area contributed by atoms with E-state index in [0.29, 0.717) is 6.42 Å². The second-order valence-electron chi connectivity index (χ2n) is 4.04. The zero-order chi connectivity index (χ0) is 12.3. The number of nitrogens with zero attached hydrogens (tertiary/aromatic N) is 5. The molecule has 1 unspecified atom stereocenters. The van der Waals surface area contributed by atoms with Gasteiger partial charge in [0.05, 0.1) is 7.05 Å². The Morgan fingerprint density at radius 2 is 2.24 bits per heavy atom. The van der Waals surface area contributed by atoms with Crippen LogP contribution in [0, 0.1) is 6.92 Å². The van der Waals surface area contributed by atoms with Gasteiger partial charge in [0, 0.05) is 24.9 Å². The van der Waals surface area contributed by atoms with Crippen molar-refractivity contribution in [1.29, 1.82) is 0 Å². The van der Waals surface area contributed by atoms with E-state index in [2.05, 4.69) is 31.8 Å². The maximum atomic E-state index is 4.20. The topological polar surface area (TPSA) is 68.5 Å². The SMILES string of the molecule is CNC(Cc1nnn(C)n1)c1cncc(C)c1. The van der Waals surface area contributed by atoms with Crippen molar-refractivity contribution < 1.29 is 0 Å². The molecule has 90 valence electrons. The maximum absolute atomic E-state index is 4.20. The van der Waals surface area contributed by atoms with Gasteiger partial charge < -0.3 is 5.32 Å². The van der Waals surface area contributed by atoms with Gasteiger partial charge in [-0.1, -0.05) is 6.07 Å². The van der Waals surface area contributed by atoms with Crippen molar-refractivity contribution >= 4 is 0 Å². The lowest BCUT2D eigenvalue weighted by Crippen LogP contribution is -2.19. The van der Waals surface area contributed by atoms with Gasteiger partial charge in [-0.3, -0.25) is 4.98 Å². The second-order valence-corrected chi connectivity index (χ2v) is 4.04. The smallest absolute Gasteiger partial charge is 0.176 e. The molecule has 0 aliphatic carbocycles. The molecular formula is C11H16N6. The Kier molecular flexibility index (Phi) is 3.43.